The monoisotopic (exact) mass is 248 g/mol. The normalized spacial score (nSPS) is 11.6. The highest BCUT2D eigenvalue weighted by Gasteiger charge is 2.12. The Kier molecular flexibility index (Phi) is 2.58. The van der Waals surface area contributed by atoms with E-state index >= 15 is 0 Å². The third-order valence-electron chi connectivity index (χ3n) is 1.82. The van der Waals surface area contributed by atoms with Crippen molar-refractivity contribution in [1.29, 1.82) is 0 Å². The number of halogens is 1. The fourth-order valence-electron chi connectivity index (χ4n) is 0.988. The molecule has 0 amide bonds. The molecule has 4 heteroatoms. The van der Waals surface area contributed by atoms with Gasteiger partial charge in [0.1, 0.15) is 0 Å². The zero-order chi connectivity index (χ0) is 9.35. The third-order valence-corrected chi connectivity index (χ3v) is 3.83. The second kappa shape index (κ2) is 3.18. The average molecular weight is 249 g/mol. The van der Waals surface area contributed by atoms with Gasteiger partial charge in [-0.1, -0.05) is 12.1 Å². The minimum absolute atomic E-state index is 0.350. The first-order chi connectivity index (χ1) is 5.43. The molecule has 1 aromatic rings. The van der Waals surface area contributed by atoms with Gasteiger partial charge >= 0.3 is 0 Å². The highest BCUT2D eigenvalue weighted by atomic mass is 79.9. The zero-order valence-electron chi connectivity index (χ0n) is 6.83. The van der Waals surface area contributed by atoms with E-state index in [1.165, 1.54) is 0 Å². The Morgan fingerprint density at radius 3 is 2.25 bits per heavy atom. The van der Waals surface area contributed by atoms with Gasteiger partial charge in [0.15, 0.2) is 0 Å². The lowest BCUT2D eigenvalue weighted by molar-refractivity contribution is 0.611. The van der Waals surface area contributed by atoms with Crippen LogP contribution >= 0.6 is 14.8 Å². The van der Waals surface area contributed by atoms with Crippen LogP contribution in [0.15, 0.2) is 23.1 Å². The molecule has 0 aromatic heterocycles. The van der Waals surface area contributed by atoms with Gasteiger partial charge in [0.05, 0.1) is 19.7 Å². The Morgan fingerprint density at radius 2 is 1.83 bits per heavy atom. The largest absolute Gasteiger partial charge is 0.237 e. The SMILES string of the molecule is Cc1cccc(S(=O)(=O)Br)c1C. The molecule has 1 aromatic carbocycles. The molecule has 0 aliphatic carbocycles. The van der Waals surface area contributed by atoms with Crippen molar-refractivity contribution in [2.24, 2.45) is 0 Å². The van der Waals surface area contributed by atoms with Gasteiger partial charge in [0.25, 0.3) is 0 Å². The van der Waals surface area contributed by atoms with Gasteiger partial charge in [0.2, 0.25) is 8.27 Å². The van der Waals surface area contributed by atoms with Crippen molar-refractivity contribution >= 4 is 23.1 Å². The van der Waals surface area contributed by atoms with Crippen molar-refractivity contribution in [1.82, 2.24) is 0 Å². The predicted molar refractivity (Wildman–Crippen MR) is 52.0 cm³/mol. The van der Waals surface area contributed by atoms with Crippen molar-refractivity contribution in [3.63, 3.8) is 0 Å². The van der Waals surface area contributed by atoms with Gasteiger partial charge in [-0.3, -0.25) is 0 Å². The van der Waals surface area contributed by atoms with E-state index in [0.717, 1.165) is 11.1 Å². The molecule has 0 N–H and O–H groups in total. The van der Waals surface area contributed by atoms with Crippen molar-refractivity contribution in [3.8, 4) is 0 Å². The molecule has 0 saturated carbocycles. The smallest absolute Gasteiger partial charge is 0.212 e. The average Bonchev–Trinajstić information content (AvgIpc) is 1.92. The van der Waals surface area contributed by atoms with Crippen molar-refractivity contribution in [2.45, 2.75) is 18.7 Å². The fraction of sp³-hybridized carbons (Fsp3) is 0.250. The lowest BCUT2D eigenvalue weighted by Crippen LogP contribution is -1.95. The topological polar surface area (TPSA) is 34.1 Å². The molecular weight excluding hydrogens is 240 g/mol. The first kappa shape index (κ1) is 9.74. The Hall–Kier alpha value is -0.350. The lowest BCUT2D eigenvalue weighted by atomic mass is 10.1. The van der Waals surface area contributed by atoms with E-state index < -0.39 is 8.27 Å². The molecule has 0 fully saturated rings. The lowest BCUT2D eigenvalue weighted by Gasteiger charge is -2.03. The molecule has 0 aliphatic rings. The van der Waals surface area contributed by atoms with Crippen LogP contribution in [0.25, 0.3) is 0 Å². The molecule has 66 valence electrons. The Labute approximate surface area is 79.7 Å². The molecule has 12 heavy (non-hydrogen) atoms. The summed E-state index contributed by atoms with van der Waals surface area (Å²) in [6.07, 6.45) is 0. The molecule has 0 unspecified atom stereocenters. The maximum atomic E-state index is 11.1. The zero-order valence-corrected chi connectivity index (χ0v) is 9.24. The van der Waals surface area contributed by atoms with Crippen molar-refractivity contribution < 1.29 is 8.42 Å². The number of aryl methyl sites for hydroxylation is 1. The van der Waals surface area contributed by atoms with E-state index in [2.05, 4.69) is 14.8 Å². The quantitative estimate of drug-likeness (QED) is 0.716. The highest BCUT2D eigenvalue weighted by Crippen LogP contribution is 2.22. The van der Waals surface area contributed by atoms with Crippen LogP contribution in [0.2, 0.25) is 0 Å². The molecule has 0 aliphatic heterocycles. The second-order valence-electron chi connectivity index (χ2n) is 2.64. The molecule has 0 radical (unpaired) electrons. The van der Waals surface area contributed by atoms with Gasteiger partial charge in [-0.25, -0.2) is 8.42 Å². The van der Waals surface area contributed by atoms with Gasteiger partial charge in [0, 0.05) is 0 Å². The van der Waals surface area contributed by atoms with Crippen molar-refractivity contribution in [3.05, 3.63) is 29.3 Å². The first-order valence-corrected chi connectivity index (χ1v) is 6.76. The Morgan fingerprint density at radius 1 is 1.25 bits per heavy atom. The van der Waals surface area contributed by atoms with Gasteiger partial charge in [-0.05, 0) is 31.0 Å². The summed E-state index contributed by atoms with van der Waals surface area (Å²) in [6.45, 7) is 3.68. The summed E-state index contributed by atoms with van der Waals surface area (Å²) in [7, 11) is -3.24. The number of hydrogen-bond donors (Lipinski definition) is 0. The van der Waals surface area contributed by atoms with Crippen LogP contribution in [0.4, 0.5) is 0 Å². The predicted octanol–water partition coefficient (Wildman–Crippen LogP) is 2.39. The van der Waals surface area contributed by atoms with E-state index in [-0.39, 0.29) is 0 Å². The van der Waals surface area contributed by atoms with E-state index in [0.29, 0.717) is 4.90 Å². The van der Waals surface area contributed by atoms with Crippen LogP contribution in [0.5, 0.6) is 0 Å². The standard InChI is InChI=1S/C8H9BrO2S/c1-6-4-3-5-8(7(6)2)12(9,10)11/h3-5H,1-2H3. The van der Waals surface area contributed by atoms with Gasteiger partial charge < -0.3 is 0 Å². The summed E-state index contributed by atoms with van der Waals surface area (Å²) in [6, 6.07) is 5.21. The molecule has 2 nitrogen and oxygen atoms in total. The third kappa shape index (κ3) is 1.87. The molecule has 0 atom stereocenters. The second-order valence-corrected chi connectivity index (χ2v) is 6.51. The molecular formula is C8H9BrO2S. The minimum atomic E-state index is -3.24. The van der Waals surface area contributed by atoms with Crippen LogP contribution in [-0.2, 0) is 8.27 Å². The maximum Gasteiger partial charge on any atom is 0.237 e. The molecule has 0 heterocycles. The van der Waals surface area contributed by atoms with Crippen LogP contribution in [0.3, 0.4) is 0 Å². The summed E-state index contributed by atoms with van der Waals surface area (Å²) in [5, 5.41) is 0. The minimum Gasteiger partial charge on any atom is -0.212 e. The summed E-state index contributed by atoms with van der Waals surface area (Å²) in [4.78, 5) is 0.350. The Balaban J connectivity index is 3.47. The first-order valence-electron chi connectivity index (χ1n) is 3.44. The summed E-state index contributed by atoms with van der Waals surface area (Å²) in [5.41, 5.74) is 1.78. The molecule has 1 rings (SSSR count). The number of rotatable bonds is 1. The summed E-state index contributed by atoms with van der Waals surface area (Å²) in [5.74, 6) is 0. The molecule has 0 saturated heterocycles. The van der Waals surface area contributed by atoms with E-state index in [1.54, 1.807) is 19.1 Å². The van der Waals surface area contributed by atoms with Crippen molar-refractivity contribution in [2.75, 3.05) is 0 Å². The van der Waals surface area contributed by atoms with Gasteiger partial charge in [-0.15, -0.1) is 0 Å². The highest BCUT2D eigenvalue weighted by molar-refractivity contribution is 9.47. The van der Waals surface area contributed by atoms with Crippen LogP contribution in [-0.4, -0.2) is 8.42 Å². The molecule has 0 spiro atoms. The van der Waals surface area contributed by atoms with Crippen LogP contribution in [0, 0.1) is 13.8 Å². The molecule has 0 bridgehead atoms. The number of hydrogen-bond acceptors (Lipinski definition) is 2. The van der Waals surface area contributed by atoms with E-state index in [4.69, 9.17) is 0 Å². The summed E-state index contributed by atoms with van der Waals surface area (Å²) >= 11 is 2.64. The van der Waals surface area contributed by atoms with E-state index in [1.807, 2.05) is 13.0 Å². The maximum absolute atomic E-state index is 11.1. The number of benzene rings is 1. The van der Waals surface area contributed by atoms with Gasteiger partial charge in [-0.2, -0.15) is 0 Å². The Bertz CT molecular complexity index is 396. The van der Waals surface area contributed by atoms with E-state index in [9.17, 15) is 8.42 Å². The van der Waals surface area contributed by atoms with Crippen LogP contribution < -0.4 is 0 Å². The van der Waals surface area contributed by atoms with Crippen LogP contribution in [0.1, 0.15) is 11.1 Å². The fourth-order valence-corrected chi connectivity index (χ4v) is 2.81. The summed E-state index contributed by atoms with van der Waals surface area (Å²) < 4.78 is 22.2.